The quantitative estimate of drug-likeness (QED) is 0.373. The zero-order chi connectivity index (χ0) is 23.0. The smallest absolute Gasteiger partial charge is 0.434 e. The van der Waals surface area contributed by atoms with Gasteiger partial charge in [-0.3, -0.25) is 9.59 Å². The van der Waals surface area contributed by atoms with Crippen molar-refractivity contribution in [2.75, 3.05) is 18.2 Å². The molecule has 6 nitrogen and oxygen atoms in total. The van der Waals surface area contributed by atoms with E-state index < -0.39 is 29.1 Å². The van der Waals surface area contributed by atoms with Gasteiger partial charge in [-0.25, -0.2) is 4.98 Å². The van der Waals surface area contributed by atoms with Crippen LogP contribution >= 0.6 is 22.7 Å². The highest BCUT2D eigenvalue weighted by atomic mass is 32.1. The van der Waals surface area contributed by atoms with Gasteiger partial charge in [0.25, 0.3) is 5.91 Å². The predicted molar refractivity (Wildman–Crippen MR) is 118 cm³/mol. The van der Waals surface area contributed by atoms with E-state index in [4.69, 9.17) is 10.5 Å². The average molecular weight is 477 g/mol. The number of ketones is 1. The molecular formula is C21H14F3N3O3S2. The number of hydrogen-bond donors (Lipinski definition) is 2. The number of amides is 1. The maximum atomic E-state index is 13.7. The number of nitrogens with two attached hydrogens (primary N) is 1. The third kappa shape index (κ3) is 4.04. The Bertz CT molecular complexity index is 1310. The van der Waals surface area contributed by atoms with Crippen LogP contribution in [0.5, 0.6) is 5.75 Å². The van der Waals surface area contributed by atoms with Gasteiger partial charge in [-0.05, 0) is 41.8 Å². The summed E-state index contributed by atoms with van der Waals surface area (Å²) in [5.74, 6) is -0.817. The van der Waals surface area contributed by atoms with Crippen LogP contribution in [0.25, 0.3) is 10.2 Å². The Labute approximate surface area is 187 Å². The van der Waals surface area contributed by atoms with Crippen LogP contribution in [-0.2, 0) is 6.18 Å². The SMILES string of the molecule is COc1ccc(NC(=O)c2sc3nc(C(F)(F)F)c(C(=O)c4cccs4)cc3c2N)cc1. The van der Waals surface area contributed by atoms with E-state index in [-0.39, 0.29) is 25.7 Å². The maximum absolute atomic E-state index is 13.7. The number of nitrogens with zero attached hydrogens (tertiary/aromatic N) is 1. The number of aromatic nitrogens is 1. The molecule has 0 unspecified atom stereocenters. The van der Waals surface area contributed by atoms with Gasteiger partial charge in [0.05, 0.1) is 23.2 Å². The van der Waals surface area contributed by atoms with E-state index in [9.17, 15) is 22.8 Å². The van der Waals surface area contributed by atoms with Crippen molar-refractivity contribution in [2.24, 2.45) is 0 Å². The Morgan fingerprint density at radius 3 is 2.47 bits per heavy atom. The van der Waals surface area contributed by atoms with Gasteiger partial charge in [0, 0.05) is 11.1 Å². The van der Waals surface area contributed by atoms with Crippen molar-refractivity contribution in [3.63, 3.8) is 0 Å². The minimum atomic E-state index is -4.86. The molecule has 3 aromatic heterocycles. The summed E-state index contributed by atoms with van der Waals surface area (Å²) >= 11 is 1.75. The molecule has 0 spiro atoms. The summed E-state index contributed by atoms with van der Waals surface area (Å²) in [6.07, 6.45) is -4.86. The Balaban J connectivity index is 1.77. The number of nitrogen functional groups attached to an aromatic ring is 1. The first-order valence-electron chi connectivity index (χ1n) is 9.03. The second kappa shape index (κ2) is 8.24. The highest BCUT2D eigenvalue weighted by Crippen LogP contribution is 2.39. The van der Waals surface area contributed by atoms with Crippen LogP contribution < -0.4 is 15.8 Å². The highest BCUT2D eigenvalue weighted by molar-refractivity contribution is 7.21. The molecule has 3 N–H and O–H groups in total. The lowest BCUT2D eigenvalue weighted by Crippen LogP contribution is -2.15. The number of halogens is 3. The molecule has 0 aliphatic rings. The molecule has 0 saturated heterocycles. The highest BCUT2D eigenvalue weighted by Gasteiger charge is 2.38. The molecule has 0 atom stereocenters. The number of nitrogens with one attached hydrogen (secondary N) is 1. The lowest BCUT2D eigenvalue weighted by molar-refractivity contribution is -0.141. The van der Waals surface area contributed by atoms with Crippen LogP contribution in [0, 0.1) is 0 Å². The largest absolute Gasteiger partial charge is 0.497 e. The van der Waals surface area contributed by atoms with Crippen LogP contribution in [-0.4, -0.2) is 23.8 Å². The van der Waals surface area contributed by atoms with E-state index in [0.29, 0.717) is 11.4 Å². The number of thiophene rings is 2. The summed E-state index contributed by atoms with van der Waals surface area (Å²) in [4.78, 5) is 29.2. The summed E-state index contributed by atoms with van der Waals surface area (Å²) in [5, 5.41) is 4.34. The van der Waals surface area contributed by atoms with E-state index in [1.165, 1.54) is 13.2 Å². The second-order valence-electron chi connectivity index (χ2n) is 6.57. The summed E-state index contributed by atoms with van der Waals surface area (Å²) in [6.45, 7) is 0. The molecule has 0 aliphatic carbocycles. The number of carbonyl (C=O) groups is 2. The van der Waals surface area contributed by atoms with E-state index in [1.807, 2.05) is 0 Å². The molecule has 0 bridgehead atoms. The van der Waals surface area contributed by atoms with Crippen LogP contribution in [0.1, 0.15) is 30.6 Å². The van der Waals surface area contributed by atoms with Gasteiger partial charge < -0.3 is 15.8 Å². The van der Waals surface area contributed by atoms with Crippen molar-refractivity contribution < 1.29 is 27.5 Å². The number of anilines is 2. The van der Waals surface area contributed by atoms with Gasteiger partial charge in [0.1, 0.15) is 15.5 Å². The molecule has 4 rings (SSSR count). The Kier molecular flexibility index (Phi) is 5.61. The van der Waals surface area contributed by atoms with Crippen LogP contribution in [0.4, 0.5) is 24.5 Å². The number of methoxy groups -OCH3 is 1. The van der Waals surface area contributed by atoms with Gasteiger partial charge in [0.2, 0.25) is 5.78 Å². The Morgan fingerprint density at radius 1 is 1.16 bits per heavy atom. The van der Waals surface area contributed by atoms with Crippen LogP contribution in [0.2, 0.25) is 0 Å². The molecule has 0 fully saturated rings. The molecule has 0 saturated carbocycles. The molecule has 164 valence electrons. The lowest BCUT2D eigenvalue weighted by Gasteiger charge is -2.11. The molecule has 1 amide bonds. The lowest BCUT2D eigenvalue weighted by atomic mass is 10.1. The first-order valence-corrected chi connectivity index (χ1v) is 10.7. The average Bonchev–Trinajstić information content (AvgIpc) is 3.41. The van der Waals surface area contributed by atoms with Gasteiger partial charge in [-0.15, -0.1) is 22.7 Å². The first kappa shape index (κ1) is 21.8. The standard InChI is InChI=1S/C21H14F3N3O3S2/c1-30-11-6-4-10(5-7-11)26-19(29)17-15(25)12-9-13(16(28)14-3-2-8-31-14)18(21(22,23)24)27-20(12)32-17/h2-9H,25H2,1H3,(H,26,29). The van der Waals surface area contributed by atoms with E-state index in [1.54, 1.807) is 35.7 Å². The van der Waals surface area contributed by atoms with Crippen molar-refractivity contribution in [3.8, 4) is 5.75 Å². The normalized spacial score (nSPS) is 11.5. The second-order valence-corrected chi connectivity index (χ2v) is 8.52. The molecule has 11 heteroatoms. The van der Waals surface area contributed by atoms with Crippen molar-refractivity contribution in [1.29, 1.82) is 0 Å². The number of benzene rings is 1. The van der Waals surface area contributed by atoms with Crippen molar-refractivity contribution in [2.45, 2.75) is 6.18 Å². The zero-order valence-corrected chi connectivity index (χ0v) is 18.0. The maximum Gasteiger partial charge on any atom is 0.434 e. The minimum absolute atomic E-state index is 0.00262. The number of ether oxygens (including phenoxy) is 1. The number of fused-ring (bicyclic) bond motifs is 1. The number of alkyl halides is 3. The molecular weight excluding hydrogens is 463 g/mol. The Morgan fingerprint density at radius 2 is 1.88 bits per heavy atom. The summed E-state index contributed by atoms with van der Waals surface area (Å²) in [7, 11) is 1.51. The number of rotatable bonds is 5. The van der Waals surface area contributed by atoms with E-state index in [0.717, 1.165) is 28.7 Å². The zero-order valence-electron chi connectivity index (χ0n) is 16.3. The Hall–Kier alpha value is -3.44. The number of pyridine rings is 1. The van der Waals surface area contributed by atoms with Crippen molar-refractivity contribution in [1.82, 2.24) is 4.98 Å². The topological polar surface area (TPSA) is 94.3 Å². The van der Waals surface area contributed by atoms with E-state index >= 15 is 0 Å². The van der Waals surface area contributed by atoms with Crippen molar-refractivity contribution >= 4 is 56.0 Å². The molecule has 3 heterocycles. The number of hydrogen-bond acceptors (Lipinski definition) is 7. The van der Waals surface area contributed by atoms with Gasteiger partial charge in [-0.2, -0.15) is 13.2 Å². The molecule has 1 aromatic carbocycles. The van der Waals surface area contributed by atoms with E-state index in [2.05, 4.69) is 10.3 Å². The first-order chi connectivity index (χ1) is 15.2. The summed E-state index contributed by atoms with van der Waals surface area (Å²) in [5.41, 5.74) is 4.57. The van der Waals surface area contributed by atoms with Crippen molar-refractivity contribution in [3.05, 3.63) is 68.9 Å². The predicted octanol–water partition coefficient (Wildman–Crippen LogP) is 5.45. The molecule has 32 heavy (non-hydrogen) atoms. The van der Waals surface area contributed by atoms with Crippen LogP contribution in [0.3, 0.4) is 0 Å². The number of carbonyl (C=O) groups excluding carboxylic acids is 2. The fourth-order valence-corrected chi connectivity index (χ4v) is 4.65. The molecule has 0 aliphatic heterocycles. The van der Waals surface area contributed by atoms with Gasteiger partial charge >= 0.3 is 6.18 Å². The molecule has 0 radical (unpaired) electrons. The van der Waals surface area contributed by atoms with Gasteiger partial charge in [-0.1, -0.05) is 6.07 Å². The van der Waals surface area contributed by atoms with Crippen LogP contribution in [0.15, 0.2) is 47.8 Å². The monoisotopic (exact) mass is 477 g/mol. The van der Waals surface area contributed by atoms with Gasteiger partial charge in [0.15, 0.2) is 5.69 Å². The summed E-state index contributed by atoms with van der Waals surface area (Å²) in [6, 6.07) is 10.6. The molecule has 4 aromatic rings. The fraction of sp³-hybridized carbons (Fsp3) is 0.0952. The summed E-state index contributed by atoms with van der Waals surface area (Å²) < 4.78 is 46.1. The minimum Gasteiger partial charge on any atom is -0.497 e. The fourth-order valence-electron chi connectivity index (χ4n) is 3.00. The third-order valence-corrected chi connectivity index (χ3v) is 6.52. The third-order valence-electron chi connectivity index (χ3n) is 4.53.